The summed E-state index contributed by atoms with van der Waals surface area (Å²) in [5.74, 6) is 0.137. The highest BCUT2D eigenvalue weighted by Crippen LogP contribution is 2.16. The van der Waals surface area contributed by atoms with Gasteiger partial charge in [0.2, 0.25) is 10.0 Å². The molecule has 0 saturated carbocycles. The van der Waals surface area contributed by atoms with E-state index < -0.39 is 10.0 Å². The fourth-order valence-electron chi connectivity index (χ4n) is 2.24. The van der Waals surface area contributed by atoms with E-state index in [-0.39, 0.29) is 5.75 Å². The second-order valence-electron chi connectivity index (χ2n) is 5.86. The van der Waals surface area contributed by atoms with Crippen molar-refractivity contribution in [3.8, 4) is 0 Å². The number of nitrogens with zero attached hydrogens (tertiary/aromatic N) is 1. The van der Waals surface area contributed by atoms with E-state index in [1.54, 1.807) is 12.1 Å². The van der Waals surface area contributed by atoms with Crippen LogP contribution in [0.1, 0.15) is 24.5 Å². The normalized spacial score (nSPS) is 11.6. The predicted octanol–water partition coefficient (Wildman–Crippen LogP) is 4.07. The van der Waals surface area contributed by atoms with Gasteiger partial charge in [0.15, 0.2) is 0 Å². The molecule has 0 radical (unpaired) electrons. The molecule has 0 spiro atoms. The Morgan fingerprint density at radius 1 is 0.917 bits per heavy atom. The van der Waals surface area contributed by atoms with E-state index in [0.717, 1.165) is 16.8 Å². The fraction of sp³-hybridized carbons (Fsp3) is 0.263. The zero-order valence-corrected chi connectivity index (χ0v) is 15.2. The van der Waals surface area contributed by atoms with Crippen LogP contribution in [0.3, 0.4) is 0 Å². The molecule has 24 heavy (non-hydrogen) atoms. The van der Waals surface area contributed by atoms with E-state index in [0.29, 0.717) is 12.1 Å². The average molecular weight is 344 g/mol. The van der Waals surface area contributed by atoms with Crippen molar-refractivity contribution >= 4 is 33.6 Å². The van der Waals surface area contributed by atoms with Gasteiger partial charge >= 0.3 is 0 Å². The third-order valence-corrected chi connectivity index (χ3v) is 5.03. The molecule has 0 bridgehead atoms. The summed E-state index contributed by atoms with van der Waals surface area (Å²) in [6.45, 7) is 1.85. The Morgan fingerprint density at radius 3 is 1.88 bits per heavy atom. The maximum atomic E-state index is 11.7. The Morgan fingerprint density at radius 2 is 1.42 bits per heavy atom. The Kier molecular flexibility index (Phi) is 6.04. The summed E-state index contributed by atoms with van der Waals surface area (Å²) in [6, 6.07) is 15.6. The number of rotatable bonds is 7. The van der Waals surface area contributed by atoms with Crippen molar-refractivity contribution in [2.75, 3.05) is 29.5 Å². The minimum atomic E-state index is -3.24. The first-order valence-corrected chi connectivity index (χ1v) is 9.61. The van der Waals surface area contributed by atoms with Crippen molar-refractivity contribution in [1.82, 2.24) is 0 Å². The quantitative estimate of drug-likeness (QED) is 0.770. The number of anilines is 2. The highest BCUT2D eigenvalue weighted by molar-refractivity contribution is 7.92. The molecule has 5 heteroatoms. The molecule has 0 saturated heterocycles. The average Bonchev–Trinajstić information content (AvgIpc) is 2.54. The molecule has 2 aromatic carbocycles. The number of nitrogens with one attached hydrogen (secondary N) is 1. The first-order valence-electron chi connectivity index (χ1n) is 7.95. The maximum absolute atomic E-state index is 11.7. The van der Waals surface area contributed by atoms with Crippen molar-refractivity contribution in [2.24, 2.45) is 0 Å². The molecule has 0 unspecified atom stereocenters. The van der Waals surface area contributed by atoms with Crippen LogP contribution in [0.25, 0.3) is 12.2 Å². The predicted molar refractivity (Wildman–Crippen MR) is 104 cm³/mol. The Hall–Kier alpha value is -2.27. The van der Waals surface area contributed by atoms with Gasteiger partial charge in [-0.2, -0.15) is 0 Å². The molecule has 0 fully saturated rings. The maximum Gasteiger partial charge on any atom is 0.232 e. The topological polar surface area (TPSA) is 49.4 Å². The molecule has 0 amide bonds. The van der Waals surface area contributed by atoms with Gasteiger partial charge in [-0.15, -0.1) is 0 Å². The van der Waals surface area contributed by atoms with E-state index >= 15 is 0 Å². The summed E-state index contributed by atoms with van der Waals surface area (Å²) in [5.41, 5.74) is 3.89. The second kappa shape index (κ2) is 8.02. The van der Waals surface area contributed by atoms with Crippen LogP contribution in [0.15, 0.2) is 48.5 Å². The van der Waals surface area contributed by atoms with E-state index in [9.17, 15) is 8.42 Å². The van der Waals surface area contributed by atoms with Crippen LogP contribution in [-0.4, -0.2) is 28.3 Å². The van der Waals surface area contributed by atoms with Crippen molar-refractivity contribution < 1.29 is 8.42 Å². The molecule has 2 aromatic rings. The lowest BCUT2D eigenvalue weighted by atomic mass is 10.1. The van der Waals surface area contributed by atoms with Gasteiger partial charge in [0, 0.05) is 25.5 Å². The largest absolute Gasteiger partial charge is 0.378 e. The van der Waals surface area contributed by atoms with Crippen LogP contribution in [0.4, 0.5) is 11.4 Å². The number of benzene rings is 2. The lowest BCUT2D eigenvalue weighted by Gasteiger charge is -2.11. The third kappa shape index (κ3) is 5.42. The summed E-state index contributed by atoms with van der Waals surface area (Å²) in [5, 5.41) is 0. The van der Waals surface area contributed by atoms with Gasteiger partial charge < -0.3 is 4.90 Å². The van der Waals surface area contributed by atoms with Crippen molar-refractivity contribution in [3.63, 3.8) is 0 Å². The summed E-state index contributed by atoms with van der Waals surface area (Å²) in [7, 11) is 0.794. The number of sulfonamides is 1. The van der Waals surface area contributed by atoms with Crippen LogP contribution in [0.5, 0.6) is 0 Å². The summed E-state index contributed by atoms with van der Waals surface area (Å²) >= 11 is 0. The molecule has 0 aromatic heterocycles. The van der Waals surface area contributed by atoms with Crippen LogP contribution in [-0.2, 0) is 10.0 Å². The molecule has 0 atom stereocenters. The minimum Gasteiger partial charge on any atom is -0.378 e. The van der Waals surface area contributed by atoms with Gasteiger partial charge in [0.25, 0.3) is 0 Å². The van der Waals surface area contributed by atoms with Gasteiger partial charge in [-0.05, 0) is 41.8 Å². The van der Waals surface area contributed by atoms with Crippen molar-refractivity contribution in [3.05, 3.63) is 59.7 Å². The molecule has 1 N–H and O–H groups in total. The fourth-order valence-corrected chi connectivity index (χ4v) is 3.37. The van der Waals surface area contributed by atoms with E-state index in [1.807, 2.05) is 45.3 Å². The highest BCUT2D eigenvalue weighted by atomic mass is 32.2. The van der Waals surface area contributed by atoms with Gasteiger partial charge in [0.05, 0.1) is 5.75 Å². The van der Waals surface area contributed by atoms with Crippen molar-refractivity contribution in [1.29, 1.82) is 0 Å². The Balaban J connectivity index is 2.03. The van der Waals surface area contributed by atoms with Crippen LogP contribution >= 0.6 is 0 Å². The molecule has 0 aliphatic carbocycles. The molecular weight excluding hydrogens is 320 g/mol. The molecule has 0 aliphatic heterocycles. The third-order valence-electron chi connectivity index (χ3n) is 3.53. The summed E-state index contributed by atoms with van der Waals surface area (Å²) in [6.07, 6.45) is 4.65. The lowest BCUT2D eigenvalue weighted by molar-refractivity contribution is 0.600. The zero-order valence-electron chi connectivity index (χ0n) is 14.4. The van der Waals surface area contributed by atoms with Gasteiger partial charge in [-0.25, -0.2) is 8.42 Å². The Bertz CT molecular complexity index is 777. The molecular formula is C19H24N2O2S. The molecule has 4 nitrogen and oxygen atoms in total. The van der Waals surface area contributed by atoms with Gasteiger partial charge in [-0.1, -0.05) is 43.3 Å². The summed E-state index contributed by atoms with van der Waals surface area (Å²) in [4.78, 5) is 2.06. The van der Waals surface area contributed by atoms with E-state index in [4.69, 9.17) is 0 Å². The minimum absolute atomic E-state index is 0.137. The van der Waals surface area contributed by atoms with Crippen LogP contribution in [0, 0.1) is 0 Å². The number of hydrogen-bond acceptors (Lipinski definition) is 3. The summed E-state index contributed by atoms with van der Waals surface area (Å²) < 4.78 is 26.1. The zero-order chi connectivity index (χ0) is 17.6. The number of hydrogen-bond donors (Lipinski definition) is 1. The molecule has 0 heterocycles. The monoisotopic (exact) mass is 344 g/mol. The lowest BCUT2D eigenvalue weighted by Crippen LogP contribution is -2.15. The van der Waals surface area contributed by atoms with Gasteiger partial charge in [0.1, 0.15) is 0 Å². The van der Waals surface area contributed by atoms with Crippen LogP contribution < -0.4 is 9.62 Å². The first-order chi connectivity index (χ1) is 11.4. The highest BCUT2D eigenvalue weighted by Gasteiger charge is 2.07. The van der Waals surface area contributed by atoms with Crippen molar-refractivity contribution in [2.45, 2.75) is 13.3 Å². The molecule has 128 valence electrons. The molecule has 0 aliphatic rings. The Labute approximate surface area is 144 Å². The smallest absolute Gasteiger partial charge is 0.232 e. The molecule has 2 rings (SSSR count). The SMILES string of the molecule is CCCS(=O)(=O)Nc1ccc(/C=C/c2ccc(N(C)C)cc2)cc1. The van der Waals surface area contributed by atoms with Gasteiger partial charge in [-0.3, -0.25) is 4.72 Å². The van der Waals surface area contributed by atoms with E-state index in [1.165, 1.54) is 0 Å². The first kappa shape index (κ1) is 18.1. The van der Waals surface area contributed by atoms with E-state index in [2.05, 4.69) is 33.9 Å². The van der Waals surface area contributed by atoms with Crippen LogP contribution in [0.2, 0.25) is 0 Å². The second-order valence-corrected chi connectivity index (χ2v) is 7.70. The standard InChI is InChI=1S/C19H24N2O2S/c1-4-15-24(22,23)20-18-11-7-16(8-12-18)5-6-17-9-13-19(14-10-17)21(2)3/h5-14,20H,4,15H2,1-3H3/b6-5+.